The van der Waals surface area contributed by atoms with Gasteiger partial charge in [-0.25, -0.2) is 15.8 Å². The molecule has 1 aliphatic rings. The van der Waals surface area contributed by atoms with Crippen LogP contribution in [0.15, 0.2) is 6.07 Å². The van der Waals surface area contributed by atoms with E-state index >= 15 is 0 Å². The van der Waals surface area contributed by atoms with E-state index in [1.54, 1.807) is 0 Å². The van der Waals surface area contributed by atoms with Gasteiger partial charge in [0.1, 0.15) is 17.5 Å². The Morgan fingerprint density at radius 2 is 2.17 bits per heavy atom. The molecule has 6 nitrogen and oxygen atoms in total. The number of hydrogen-bond donors (Lipinski definition) is 3. The molecule has 0 aromatic carbocycles. The Hall–Kier alpha value is -1.40. The Morgan fingerprint density at radius 1 is 1.44 bits per heavy atom. The van der Waals surface area contributed by atoms with Crippen LogP contribution >= 0.6 is 0 Å². The lowest BCUT2D eigenvalue weighted by Crippen LogP contribution is -2.36. The van der Waals surface area contributed by atoms with Gasteiger partial charge in [0.25, 0.3) is 0 Å². The Morgan fingerprint density at radius 3 is 2.78 bits per heavy atom. The molecule has 1 heterocycles. The highest BCUT2D eigenvalue weighted by Gasteiger charge is 2.23. The van der Waals surface area contributed by atoms with Crippen molar-refractivity contribution < 1.29 is 5.11 Å². The van der Waals surface area contributed by atoms with Crippen LogP contribution in [0.5, 0.6) is 0 Å². The zero-order valence-electron chi connectivity index (χ0n) is 10.8. The van der Waals surface area contributed by atoms with Gasteiger partial charge in [0.2, 0.25) is 0 Å². The van der Waals surface area contributed by atoms with Gasteiger partial charge in [-0.2, -0.15) is 0 Å². The molecule has 0 atom stereocenters. The number of anilines is 2. The molecule has 0 bridgehead atoms. The second kappa shape index (κ2) is 5.97. The number of aryl methyl sites for hydroxylation is 1. The van der Waals surface area contributed by atoms with Gasteiger partial charge >= 0.3 is 0 Å². The highest BCUT2D eigenvalue weighted by molar-refractivity contribution is 5.49. The van der Waals surface area contributed by atoms with E-state index in [1.807, 2.05) is 13.0 Å². The summed E-state index contributed by atoms with van der Waals surface area (Å²) in [5.41, 5.74) is 2.56. The van der Waals surface area contributed by atoms with E-state index in [0.717, 1.165) is 18.7 Å². The molecule has 1 aromatic heterocycles. The van der Waals surface area contributed by atoms with E-state index in [2.05, 4.69) is 20.3 Å². The molecule has 4 N–H and O–H groups in total. The summed E-state index contributed by atoms with van der Waals surface area (Å²) in [6.07, 6.45) is 4.82. The van der Waals surface area contributed by atoms with Gasteiger partial charge in [-0.15, -0.1) is 0 Å². The Kier molecular flexibility index (Phi) is 4.33. The third-order valence-electron chi connectivity index (χ3n) is 3.37. The molecular formula is C12H21N5O. The summed E-state index contributed by atoms with van der Waals surface area (Å²) >= 11 is 0. The maximum absolute atomic E-state index is 9.23. The number of aliphatic hydroxyl groups is 1. The Bertz CT molecular complexity index is 392. The maximum atomic E-state index is 9.23. The molecule has 0 saturated heterocycles. The van der Waals surface area contributed by atoms with Crippen LogP contribution in [0.1, 0.15) is 31.5 Å². The normalized spacial score (nSPS) is 15.9. The van der Waals surface area contributed by atoms with Crippen molar-refractivity contribution in [1.82, 2.24) is 9.97 Å². The van der Waals surface area contributed by atoms with E-state index in [0.29, 0.717) is 24.2 Å². The molecule has 2 rings (SSSR count). The van der Waals surface area contributed by atoms with Crippen molar-refractivity contribution in [3.05, 3.63) is 11.9 Å². The van der Waals surface area contributed by atoms with Crippen LogP contribution in [0.4, 0.5) is 11.6 Å². The lowest BCUT2D eigenvalue weighted by Gasteiger charge is -2.29. The van der Waals surface area contributed by atoms with E-state index in [1.165, 1.54) is 12.8 Å². The van der Waals surface area contributed by atoms with Crippen molar-refractivity contribution in [2.24, 2.45) is 5.84 Å². The third-order valence-corrected chi connectivity index (χ3v) is 3.37. The van der Waals surface area contributed by atoms with Crippen LogP contribution < -0.4 is 16.2 Å². The molecule has 1 aromatic rings. The number of rotatable bonds is 5. The molecule has 0 radical (unpaired) electrons. The molecule has 0 amide bonds. The molecule has 100 valence electrons. The predicted octanol–water partition coefficient (Wildman–Crippen LogP) is 0.812. The molecule has 0 aliphatic heterocycles. The molecular weight excluding hydrogens is 230 g/mol. The molecule has 0 spiro atoms. The molecule has 1 aliphatic carbocycles. The summed E-state index contributed by atoms with van der Waals surface area (Å²) in [4.78, 5) is 10.8. The lowest BCUT2D eigenvalue weighted by atomic mass is 10.2. The van der Waals surface area contributed by atoms with Crippen molar-refractivity contribution in [3.63, 3.8) is 0 Å². The predicted molar refractivity (Wildman–Crippen MR) is 71.3 cm³/mol. The van der Waals surface area contributed by atoms with Crippen molar-refractivity contribution in [3.8, 4) is 0 Å². The van der Waals surface area contributed by atoms with Gasteiger partial charge in [0.05, 0.1) is 6.61 Å². The van der Waals surface area contributed by atoms with Crippen molar-refractivity contribution >= 4 is 11.6 Å². The first kappa shape index (κ1) is 13.0. The summed E-state index contributed by atoms with van der Waals surface area (Å²) in [7, 11) is 0. The number of nitrogens with two attached hydrogens (primary N) is 1. The van der Waals surface area contributed by atoms with Gasteiger partial charge < -0.3 is 15.4 Å². The monoisotopic (exact) mass is 251 g/mol. The fourth-order valence-electron chi connectivity index (χ4n) is 2.58. The average Bonchev–Trinajstić information content (AvgIpc) is 2.88. The highest BCUT2D eigenvalue weighted by atomic mass is 16.3. The molecule has 1 saturated carbocycles. The van der Waals surface area contributed by atoms with Crippen LogP contribution in [0.3, 0.4) is 0 Å². The van der Waals surface area contributed by atoms with E-state index < -0.39 is 0 Å². The smallest absolute Gasteiger partial charge is 0.145 e. The summed E-state index contributed by atoms with van der Waals surface area (Å²) < 4.78 is 0. The Balaban J connectivity index is 2.25. The zero-order valence-corrected chi connectivity index (χ0v) is 10.8. The van der Waals surface area contributed by atoms with Gasteiger partial charge in [-0.1, -0.05) is 12.8 Å². The largest absolute Gasteiger partial charge is 0.395 e. The fourth-order valence-corrected chi connectivity index (χ4v) is 2.58. The molecule has 18 heavy (non-hydrogen) atoms. The number of aromatic nitrogens is 2. The topological polar surface area (TPSA) is 87.3 Å². The minimum absolute atomic E-state index is 0.130. The van der Waals surface area contributed by atoms with Crippen molar-refractivity contribution in [2.45, 2.75) is 38.6 Å². The van der Waals surface area contributed by atoms with Crippen LogP contribution in [0.2, 0.25) is 0 Å². The quantitative estimate of drug-likeness (QED) is 0.530. The summed E-state index contributed by atoms with van der Waals surface area (Å²) in [6, 6.07) is 2.30. The molecule has 1 fully saturated rings. The first-order valence-corrected chi connectivity index (χ1v) is 6.44. The van der Waals surface area contributed by atoms with Crippen LogP contribution in [-0.4, -0.2) is 34.3 Å². The van der Waals surface area contributed by atoms with Crippen molar-refractivity contribution in [2.75, 3.05) is 23.5 Å². The van der Waals surface area contributed by atoms with E-state index in [9.17, 15) is 5.11 Å². The average molecular weight is 251 g/mol. The summed E-state index contributed by atoms with van der Waals surface area (Å²) in [5, 5.41) is 9.23. The van der Waals surface area contributed by atoms with Gasteiger partial charge in [-0.3, -0.25) is 0 Å². The second-order valence-electron chi connectivity index (χ2n) is 4.66. The SMILES string of the molecule is Cc1nc(NN)cc(N(CCO)C2CCCC2)n1. The summed E-state index contributed by atoms with van der Waals surface area (Å²) in [5.74, 6) is 7.54. The maximum Gasteiger partial charge on any atom is 0.145 e. The number of nitrogens with zero attached hydrogens (tertiary/aromatic N) is 3. The first-order chi connectivity index (χ1) is 8.74. The summed E-state index contributed by atoms with van der Waals surface area (Å²) in [6.45, 7) is 2.58. The van der Waals surface area contributed by atoms with E-state index in [-0.39, 0.29) is 6.61 Å². The van der Waals surface area contributed by atoms with Crippen LogP contribution in [0.25, 0.3) is 0 Å². The number of aliphatic hydroxyl groups excluding tert-OH is 1. The van der Waals surface area contributed by atoms with Gasteiger partial charge in [-0.05, 0) is 19.8 Å². The Labute approximate surface area is 107 Å². The standard InChI is InChI=1S/C12H21N5O/c1-9-14-11(16-13)8-12(15-9)17(6-7-18)10-4-2-3-5-10/h8,10,18H,2-7,13H2,1H3,(H,14,15,16). The second-order valence-corrected chi connectivity index (χ2v) is 4.66. The number of hydrazine groups is 1. The van der Waals surface area contributed by atoms with Gasteiger partial charge in [0, 0.05) is 18.7 Å². The number of nitrogen functional groups attached to an aromatic ring is 1. The number of nitrogens with one attached hydrogen (secondary N) is 1. The molecule has 6 heteroatoms. The number of hydrogen-bond acceptors (Lipinski definition) is 6. The third kappa shape index (κ3) is 2.88. The minimum Gasteiger partial charge on any atom is -0.395 e. The van der Waals surface area contributed by atoms with Crippen LogP contribution in [-0.2, 0) is 0 Å². The van der Waals surface area contributed by atoms with Gasteiger partial charge in [0.15, 0.2) is 0 Å². The van der Waals surface area contributed by atoms with Crippen molar-refractivity contribution in [1.29, 1.82) is 0 Å². The van der Waals surface area contributed by atoms with Crippen LogP contribution in [0, 0.1) is 6.92 Å². The fraction of sp³-hybridized carbons (Fsp3) is 0.667. The lowest BCUT2D eigenvalue weighted by molar-refractivity contribution is 0.297. The zero-order chi connectivity index (χ0) is 13.0. The molecule has 0 unspecified atom stereocenters. The van der Waals surface area contributed by atoms with E-state index in [4.69, 9.17) is 5.84 Å². The highest BCUT2D eigenvalue weighted by Crippen LogP contribution is 2.27. The first-order valence-electron chi connectivity index (χ1n) is 6.44. The minimum atomic E-state index is 0.130.